The lowest BCUT2D eigenvalue weighted by Crippen LogP contribution is -2.36. The van der Waals surface area contributed by atoms with Crippen LogP contribution in [0.1, 0.15) is 51.9 Å². The van der Waals surface area contributed by atoms with Gasteiger partial charge in [-0.05, 0) is 62.4 Å². The van der Waals surface area contributed by atoms with Gasteiger partial charge in [-0.15, -0.1) is 0 Å². The summed E-state index contributed by atoms with van der Waals surface area (Å²) in [4.78, 5) is 0. The largest absolute Gasteiger partial charge is 0.494 e. The van der Waals surface area contributed by atoms with Crippen molar-refractivity contribution in [2.75, 3.05) is 13.2 Å². The van der Waals surface area contributed by atoms with Crippen molar-refractivity contribution in [3.8, 4) is 5.75 Å². The van der Waals surface area contributed by atoms with Crippen LogP contribution in [0.4, 0.5) is 0 Å². The molecule has 0 aliphatic heterocycles. The molecule has 2 atom stereocenters. The molecule has 1 N–H and O–H groups in total. The maximum absolute atomic E-state index is 5.91. The predicted octanol–water partition coefficient (Wildman–Crippen LogP) is 5.17. The number of nitrogens with one attached hydrogen (secondary N) is 1. The van der Waals surface area contributed by atoms with Crippen LogP contribution in [0.15, 0.2) is 28.7 Å². The summed E-state index contributed by atoms with van der Waals surface area (Å²) < 4.78 is 7.01. The van der Waals surface area contributed by atoms with E-state index in [1.54, 1.807) is 0 Å². The Morgan fingerprint density at radius 2 is 1.90 bits per heavy atom. The summed E-state index contributed by atoms with van der Waals surface area (Å²) in [5.41, 5.74) is 0. The van der Waals surface area contributed by atoms with Crippen LogP contribution in [0.3, 0.4) is 0 Å². The average Bonchev–Trinajstić information content (AvgIpc) is 2.72. The van der Waals surface area contributed by atoms with Crippen LogP contribution in [0.5, 0.6) is 5.75 Å². The standard InChI is InChI=1S/C18H28BrNO/c1-2-13-20-18-7-5-3-4-6-15(18)12-14-21-17-10-8-16(19)9-11-17/h8-11,15,18,20H,2-7,12-14H2,1H3. The minimum atomic E-state index is 0.695. The molecule has 0 heterocycles. The molecular formula is C18H28BrNO. The minimum absolute atomic E-state index is 0.695. The predicted molar refractivity (Wildman–Crippen MR) is 92.9 cm³/mol. The highest BCUT2D eigenvalue weighted by atomic mass is 79.9. The van der Waals surface area contributed by atoms with Gasteiger partial charge in [0.2, 0.25) is 0 Å². The van der Waals surface area contributed by atoms with Crippen LogP contribution in [0, 0.1) is 5.92 Å². The van der Waals surface area contributed by atoms with Crippen molar-refractivity contribution in [1.29, 1.82) is 0 Å². The highest BCUT2D eigenvalue weighted by Crippen LogP contribution is 2.26. The van der Waals surface area contributed by atoms with Crippen LogP contribution < -0.4 is 10.1 Å². The molecule has 0 radical (unpaired) electrons. The maximum Gasteiger partial charge on any atom is 0.119 e. The van der Waals surface area contributed by atoms with Gasteiger partial charge in [0.1, 0.15) is 5.75 Å². The summed E-state index contributed by atoms with van der Waals surface area (Å²) in [6, 6.07) is 8.83. The fraction of sp³-hybridized carbons (Fsp3) is 0.667. The number of benzene rings is 1. The third-order valence-corrected chi connectivity index (χ3v) is 4.92. The lowest BCUT2D eigenvalue weighted by Gasteiger charge is -2.26. The Balaban J connectivity index is 1.79. The normalized spacial score (nSPS) is 22.8. The van der Waals surface area contributed by atoms with E-state index >= 15 is 0 Å². The van der Waals surface area contributed by atoms with E-state index in [1.165, 1.54) is 38.5 Å². The zero-order valence-corrected chi connectivity index (χ0v) is 14.7. The molecule has 1 aromatic rings. The first-order chi connectivity index (χ1) is 10.3. The maximum atomic E-state index is 5.91. The van der Waals surface area contributed by atoms with Crippen molar-refractivity contribution in [2.45, 2.75) is 57.9 Å². The van der Waals surface area contributed by atoms with E-state index in [0.29, 0.717) is 6.04 Å². The molecule has 0 aromatic heterocycles. The average molecular weight is 354 g/mol. The van der Waals surface area contributed by atoms with Crippen LogP contribution in [-0.2, 0) is 0 Å². The molecule has 1 aliphatic rings. The molecular weight excluding hydrogens is 326 g/mol. The SMILES string of the molecule is CCCNC1CCCCCC1CCOc1ccc(Br)cc1. The van der Waals surface area contributed by atoms with Crippen molar-refractivity contribution in [3.63, 3.8) is 0 Å². The first-order valence-corrected chi connectivity index (χ1v) is 9.20. The van der Waals surface area contributed by atoms with Gasteiger partial charge in [-0.2, -0.15) is 0 Å². The van der Waals surface area contributed by atoms with Gasteiger partial charge >= 0.3 is 0 Å². The fourth-order valence-corrected chi connectivity index (χ4v) is 3.45. The van der Waals surface area contributed by atoms with Gasteiger partial charge < -0.3 is 10.1 Å². The topological polar surface area (TPSA) is 21.3 Å². The van der Waals surface area contributed by atoms with Gasteiger partial charge in [0.15, 0.2) is 0 Å². The van der Waals surface area contributed by atoms with Gasteiger partial charge in [0.25, 0.3) is 0 Å². The summed E-state index contributed by atoms with van der Waals surface area (Å²) in [5.74, 6) is 1.75. The van der Waals surface area contributed by atoms with Crippen LogP contribution in [0.25, 0.3) is 0 Å². The van der Waals surface area contributed by atoms with E-state index in [9.17, 15) is 0 Å². The summed E-state index contributed by atoms with van der Waals surface area (Å²) in [6.07, 6.45) is 9.23. The first kappa shape index (κ1) is 16.8. The highest BCUT2D eigenvalue weighted by Gasteiger charge is 2.22. The number of hydrogen-bond acceptors (Lipinski definition) is 2. The molecule has 0 bridgehead atoms. The van der Waals surface area contributed by atoms with Gasteiger partial charge in [-0.1, -0.05) is 42.1 Å². The van der Waals surface area contributed by atoms with Gasteiger partial charge in [-0.25, -0.2) is 0 Å². The number of ether oxygens (including phenoxy) is 1. The van der Waals surface area contributed by atoms with Crippen molar-refractivity contribution in [3.05, 3.63) is 28.7 Å². The third kappa shape index (κ3) is 5.99. The summed E-state index contributed by atoms with van der Waals surface area (Å²) >= 11 is 3.45. The molecule has 0 saturated heterocycles. The lowest BCUT2D eigenvalue weighted by atomic mass is 9.91. The van der Waals surface area contributed by atoms with Crippen LogP contribution >= 0.6 is 15.9 Å². The van der Waals surface area contributed by atoms with E-state index in [2.05, 4.69) is 28.2 Å². The molecule has 1 fully saturated rings. The minimum Gasteiger partial charge on any atom is -0.494 e. The Hall–Kier alpha value is -0.540. The molecule has 1 aliphatic carbocycles. The number of halogens is 1. The molecule has 1 saturated carbocycles. The molecule has 2 unspecified atom stereocenters. The monoisotopic (exact) mass is 353 g/mol. The second-order valence-corrected chi connectivity index (χ2v) is 6.97. The molecule has 2 rings (SSSR count). The Kier molecular flexibility index (Phi) is 7.59. The molecule has 3 heteroatoms. The zero-order valence-electron chi connectivity index (χ0n) is 13.1. The molecule has 21 heavy (non-hydrogen) atoms. The smallest absolute Gasteiger partial charge is 0.119 e. The van der Waals surface area contributed by atoms with Gasteiger partial charge in [-0.3, -0.25) is 0 Å². The van der Waals surface area contributed by atoms with E-state index in [4.69, 9.17) is 4.74 Å². The zero-order chi connectivity index (χ0) is 14.9. The molecule has 1 aromatic carbocycles. The highest BCUT2D eigenvalue weighted by molar-refractivity contribution is 9.10. The second kappa shape index (κ2) is 9.47. The Bertz CT molecular complexity index is 393. The van der Waals surface area contributed by atoms with Gasteiger partial charge in [0.05, 0.1) is 6.61 Å². The fourth-order valence-electron chi connectivity index (χ4n) is 3.19. The molecule has 0 spiro atoms. The molecule has 0 amide bonds. The molecule has 2 nitrogen and oxygen atoms in total. The van der Waals surface area contributed by atoms with Crippen molar-refractivity contribution >= 4 is 15.9 Å². The Labute approximate surface area is 137 Å². The van der Waals surface area contributed by atoms with Crippen LogP contribution in [0.2, 0.25) is 0 Å². The quantitative estimate of drug-likeness (QED) is 0.683. The van der Waals surface area contributed by atoms with Crippen LogP contribution in [-0.4, -0.2) is 19.2 Å². The molecule has 118 valence electrons. The lowest BCUT2D eigenvalue weighted by molar-refractivity contribution is 0.238. The van der Waals surface area contributed by atoms with E-state index in [-0.39, 0.29) is 0 Å². The summed E-state index contributed by atoms with van der Waals surface area (Å²) in [7, 11) is 0. The Morgan fingerprint density at radius 3 is 2.67 bits per heavy atom. The van der Waals surface area contributed by atoms with E-state index < -0.39 is 0 Å². The number of rotatable bonds is 7. The second-order valence-electron chi connectivity index (χ2n) is 6.05. The summed E-state index contributed by atoms with van der Waals surface area (Å²) in [6.45, 7) is 4.22. The van der Waals surface area contributed by atoms with Crippen molar-refractivity contribution < 1.29 is 4.74 Å². The van der Waals surface area contributed by atoms with E-state index in [0.717, 1.165) is 35.7 Å². The number of hydrogen-bond donors (Lipinski definition) is 1. The van der Waals surface area contributed by atoms with E-state index in [1.807, 2.05) is 24.3 Å². The first-order valence-electron chi connectivity index (χ1n) is 8.41. The van der Waals surface area contributed by atoms with Crippen molar-refractivity contribution in [1.82, 2.24) is 5.32 Å². The summed E-state index contributed by atoms with van der Waals surface area (Å²) in [5, 5.41) is 3.76. The third-order valence-electron chi connectivity index (χ3n) is 4.39. The Morgan fingerprint density at radius 1 is 1.14 bits per heavy atom. The van der Waals surface area contributed by atoms with Gasteiger partial charge in [0, 0.05) is 10.5 Å². The van der Waals surface area contributed by atoms with Crippen molar-refractivity contribution in [2.24, 2.45) is 5.92 Å².